The number of nitrogens with two attached hydrogens (primary N) is 1. The summed E-state index contributed by atoms with van der Waals surface area (Å²) in [5.41, 5.74) is 6.28. The Kier molecular flexibility index (Phi) is 13.3. The number of carbonyl (C=O) groups is 4. The Morgan fingerprint density at radius 2 is 1.44 bits per heavy atom. The number of aromatic hydroxyl groups is 1. The van der Waals surface area contributed by atoms with Crippen molar-refractivity contribution in [2.75, 3.05) is 12.0 Å². The molecule has 3 amide bonds. The summed E-state index contributed by atoms with van der Waals surface area (Å²) in [5.74, 6) is -2.65. The Hall–Kier alpha value is -2.83. The van der Waals surface area contributed by atoms with Gasteiger partial charge in [-0.15, -0.1) is 0 Å². The van der Waals surface area contributed by atoms with E-state index in [0.29, 0.717) is 11.3 Å². The number of amides is 3. The summed E-state index contributed by atoms with van der Waals surface area (Å²) >= 11 is 1.46. The molecule has 1 aromatic carbocycles. The standard InChI is InChI=1S/C24H38N4O7S/c1-13(2)11-18(27-23(33)20(25)14(3)29)22(32)26-17(9-10-36-4)21(31)28-19(24(34)35)12-15-5-7-16(30)8-6-15/h5-8,13-14,17-20,29-30H,9-12,25H2,1-4H3,(H,26,32)(H,27,33)(H,28,31)(H,34,35). The first-order valence-corrected chi connectivity index (χ1v) is 13.1. The molecular weight excluding hydrogens is 488 g/mol. The molecule has 11 nitrogen and oxygen atoms in total. The van der Waals surface area contributed by atoms with Crippen LogP contribution in [0.3, 0.4) is 0 Å². The molecule has 5 unspecified atom stereocenters. The minimum Gasteiger partial charge on any atom is -0.508 e. The van der Waals surface area contributed by atoms with Gasteiger partial charge in [0.05, 0.1) is 6.10 Å². The molecule has 1 rings (SSSR count). The predicted octanol–water partition coefficient (Wildman–Crippen LogP) is -0.0190. The number of phenolic OH excluding ortho intramolecular Hbond substituents is 1. The number of aliphatic hydroxyl groups excluding tert-OH is 1. The summed E-state index contributed by atoms with van der Waals surface area (Å²) in [6.07, 6.45) is 1.20. The van der Waals surface area contributed by atoms with Gasteiger partial charge in [0.2, 0.25) is 17.7 Å². The van der Waals surface area contributed by atoms with Gasteiger partial charge in [0.1, 0.15) is 29.9 Å². The first-order valence-electron chi connectivity index (χ1n) is 11.7. The van der Waals surface area contributed by atoms with Crippen molar-refractivity contribution in [3.63, 3.8) is 0 Å². The van der Waals surface area contributed by atoms with Gasteiger partial charge in [-0.25, -0.2) is 4.79 Å². The average molecular weight is 527 g/mol. The van der Waals surface area contributed by atoms with E-state index in [0.717, 1.165) is 0 Å². The number of rotatable bonds is 15. The Labute approximate surface area is 215 Å². The Balaban J connectivity index is 3.00. The SMILES string of the molecule is CSCCC(NC(=O)C(CC(C)C)NC(=O)C(N)C(C)O)C(=O)NC(Cc1ccc(O)cc1)C(=O)O. The maximum Gasteiger partial charge on any atom is 0.326 e. The molecule has 0 saturated heterocycles. The van der Waals surface area contributed by atoms with Crippen LogP contribution in [0.2, 0.25) is 0 Å². The van der Waals surface area contributed by atoms with Gasteiger partial charge < -0.3 is 37.0 Å². The first-order chi connectivity index (χ1) is 16.8. The van der Waals surface area contributed by atoms with Crippen LogP contribution in [0.1, 0.15) is 39.2 Å². The van der Waals surface area contributed by atoms with Crippen LogP contribution in [0.4, 0.5) is 0 Å². The highest BCUT2D eigenvalue weighted by Gasteiger charge is 2.31. The molecule has 36 heavy (non-hydrogen) atoms. The summed E-state index contributed by atoms with van der Waals surface area (Å²) < 4.78 is 0. The van der Waals surface area contributed by atoms with Crippen molar-refractivity contribution in [3.8, 4) is 5.75 Å². The molecule has 0 spiro atoms. The van der Waals surface area contributed by atoms with Crippen LogP contribution in [0.25, 0.3) is 0 Å². The van der Waals surface area contributed by atoms with E-state index in [-0.39, 0.29) is 30.9 Å². The highest BCUT2D eigenvalue weighted by molar-refractivity contribution is 7.98. The topological polar surface area (TPSA) is 191 Å². The van der Waals surface area contributed by atoms with Gasteiger partial charge in [-0.1, -0.05) is 26.0 Å². The number of aliphatic carboxylic acids is 1. The highest BCUT2D eigenvalue weighted by Crippen LogP contribution is 2.12. The van der Waals surface area contributed by atoms with Gasteiger partial charge in [0.25, 0.3) is 0 Å². The molecule has 0 saturated carbocycles. The summed E-state index contributed by atoms with van der Waals surface area (Å²) in [7, 11) is 0. The zero-order valence-corrected chi connectivity index (χ0v) is 21.9. The smallest absolute Gasteiger partial charge is 0.326 e. The van der Waals surface area contributed by atoms with Crippen LogP contribution < -0.4 is 21.7 Å². The van der Waals surface area contributed by atoms with E-state index in [1.807, 2.05) is 20.1 Å². The van der Waals surface area contributed by atoms with E-state index >= 15 is 0 Å². The maximum atomic E-state index is 13.1. The molecular formula is C24H38N4O7S. The van der Waals surface area contributed by atoms with Crippen LogP contribution in [0.15, 0.2) is 24.3 Å². The van der Waals surface area contributed by atoms with E-state index in [9.17, 15) is 34.5 Å². The number of thioether (sulfide) groups is 1. The molecule has 0 fully saturated rings. The molecule has 5 atom stereocenters. The predicted molar refractivity (Wildman–Crippen MR) is 137 cm³/mol. The van der Waals surface area contributed by atoms with Gasteiger partial charge in [-0.3, -0.25) is 14.4 Å². The van der Waals surface area contributed by atoms with Crippen molar-refractivity contribution in [2.24, 2.45) is 11.7 Å². The fourth-order valence-corrected chi connectivity index (χ4v) is 3.78. The fourth-order valence-electron chi connectivity index (χ4n) is 3.31. The third kappa shape index (κ3) is 10.8. The van der Waals surface area contributed by atoms with Crippen molar-refractivity contribution in [3.05, 3.63) is 29.8 Å². The van der Waals surface area contributed by atoms with E-state index < -0.39 is 54.0 Å². The normalized spacial score (nSPS) is 15.3. The molecule has 202 valence electrons. The number of nitrogens with one attached hydrogen (secondary N) is 3. The van der Waals surface area contributed by atoms with E-state index in [1.54, 1.807) is 12.1 Å². The Bertz CT molecular complexity index is 880. The lowest BCUT2D eigenvalue weighted by molar-refractivity contribution is -0.142. The van der Waals surface area contributed by atoms with Crippen LogP contribution >= 0.6 is 11.8 Å². The molecule has 0 heterocycles. The van der Waals surface area contributed by atoms with E-state index in [2.05, 4.69) is 16.0 Å². The number of benzene rings is 1. The lowest BCUT2D eigenvalue weighted by Gasteiger charge is -2.26. The summed E-state index contributed by atoms with van der Waals surface area (Å²) in [6.45, 7) is 5.08. The van der Waals surface area contributed by atoms with Gasteiger partial charge in [-0.2, -0.15) is 11.8 Å². The van der Waals surface area contributed by atoms with Gasteiger partial charge in [0, 0.05) is 6.42 Å². The zero-order valence-electron chi connectivity index (χ0n) is 21.1. The molecule has 0 aromatic heterocycles. The second-order valence-corrected chi connectivity index (χ2v) is 10.1. The van der Waals surface area contributed by atoms with Crippen LogP contribution in [0.5, 0.6) is 5.75 Å². The highest BCUT2D eigenvalue weighted by atomic mass is 32.2. The van der Waals surface area contributed by atoms with Crippen molar-refractivity contribution in [2.45, 2.75) is 70.3 Å². The van der Waals surface area contributed by atoms with Crippen LogP contribution in [-0.2, 0) is 25.6 Å². The molecule has 0 aliphatic carbocycles. The largest absolute Gasteiger partial charge is 0.508 e. The fraction of sp³-hybridized carbons (Fsp3) is 0.583. The molecule has 1 aromatic rings. The summed E-state index contributed by atoms with van der Waals surface area (Å²) in [5, 5.41) is 36.3. The number of hydrogen-bond donors (Lipinski definition) is 7. The minimum absolute atomic E-state index is 0.0176. The molecule has 0 aliphatic heterocycles. The number of hydrogen-bond acceptors (Lipinski definition) is 8. The Morgan fingerprint density at radius 3 is 1.94 bits per heavy atom. The Morgan fingerprint density at radius 1 is 0.917 bits per heavy atom. The van der Waals surface area contributed by atoms with Crippen LogP contribution in [-0.4, -0.2) is 81.3 Å². The first kappa shape index (κ1) is 31.2. The monoisotopic (exact) mass is 526 g/mol. The number of carboxylic acids is 1. The maximum absolute atomic E-state index is 13.1. The van der Waals surface area contributed by atoms with Gasteiger partial charge in [0.15, 0.2) is 0 Å². The average Bonchev–Trinajstić information content (AvgIpc) is 2.80. The molecule has 0 bridgehead atoms. The number of aliphatic hydroxyl groups is 1. The number of carbonyl (C=O) groups excluding carboxylic acids is 3. The van der Waals surface area contributed by atoms with E-state index in [1.165, 1.54) is 30.8 Å². The lowest BCUT2D eigenvalue weighted by Crippen LogP contribution is -2.58. The quantitative estimate of drug-likeness (QED) is 0.165. The summed E-state index contributed by atoms with van der Waals surface area (Å²) in [4.78, 5) is 50.2. The van der Waals surface area contributed by atoms with E-state index in [4.69, 9.17) is 5.73 Å². The van der Waals surface area contributed by atoms with Crippen molar-refractivity contribution < 1.29 is 34.5 Å². The number of carboxylic acid groups (broad SMARTS) is 1. The van der Waals surface area contributed by atoms with Crippen molar-refractivity contribution in [1.29, 1.82) is 0 Å². The minimum atomic E-state index is -1.26. The lowest BCUT2D eigenvalue weighted by atomic mass is 10.0. The second-order valence-electron chi connectivity index (χ2n) is 9.07. The van der Waals surface area contributed by atoms with Crippen LogP contribution in [0, 0.1) is 5.92 Å². The molecule has 12 heteroatoms. The second kappa shape index (κ2) is 15.3. The van der Waals surface area contributed by atoms with Crippen molar-refractivity contribution >= 4 is 35.5 Å². The number of phenols is 1. The zero-order chi connectivity index (χ0) is 27.4. The third-order valence-corrected chi connectivity index (χ3v) is 6.04. The third-order valence-electron chi connectivity index (χ3n) is 5.40. The molecule has 8 N–H and O–H groups in total. The van der Waals surface area contributed by atoms with Crippen molar-refractivity contribution in [1.82, 2.24) is 16.0 Å². The molecule has 0 aliphatic rings. The van der Waals surface area contributed by atoms with Gasteiger partial charge in [-0.05, 0) is 55.4 Å². The summed E-state index contributed by atoms with van der Waals surface area (Å²) in [6, 6.07) is 1.44. The van der Waals surface area contributed by atoms with Gasteiger partial charge >= 0.3 is 5.97 Å². The molecule has 0 radical (unpaired) electrons.